The lowest BCUT2D eigenvalue weighted by Gasteiger charge is -2.24. The van der Waals surface area contributed by atoms with Crippen molar-refractivity contribution in [2.75, 3.05) is 7.11 Å². The molecule has 2 N–H and O–H groups in total. The minimum absolute atomic E-state index is 0.217. The molecule has 0 amide bonds. The van der Waals surface area contributed by atoms with Gasteiger partial charge in [-0.3, -0.25) is 4.98 Å². The number of hydrogen-bond donors (Lipinski definition) is 1. The summed E-state index contributed by atoms with van der Waals surface area (Å²) in [5, 5.41) is 0.519. The number of para-hydroxylation sites is 1. The highest BCUT2D eigenvalue weighted by Gasteiger charge is 2.22. The molecule has 1 aromatic carbocycles. The highest BCUT2D eigenvalue weighted by Crippen LogP contribution is 2.31. The summed E-state index contributed by atoms with van der Waals surface area (Å²) in [6.45, 7) is 1.88. The van der Waals surface area contributed by atoms with E-state index in [0.717, 1.165) is 11.3 Å². The van der Waals surface area contributed by atoms with Crippen LogP contribution in [0, 0.1) is 0 Å². The van der Waals surface area contributed by atoms with E-state index in [1.807, 2.05) is 31.2 Å². The summed E-state index contributed by atoms with van der Waals surface area (Å²) in [6.07, 6.45) is 2.82. The van der Waals surface area contributed by atoms with Crippen molar-refractivity contribution in [2.45, 2.75) is 19.1 Å². The van der Waals surface area contributed by atoms with Crippen molar-refractivity contribution in [3.05, 3.63) is 53.3 Å². The largest absolute Gasteiger partial charge is 0.496 e. The number of ether oxygens (including phenoxy) is 2. The van der Waals surface area contributed by atoms with Gasteiger partial charge in [-0.1, -0.05) is 29.8 Å². The smallest absolute Gasteiger partial charge is 0.142 e. The zero-order valence-electron chi connectivity index (χ0n) is 11.4. The van der Waals surface area contributed by atoms with Crippen LogP contribution >= 0.6 is 11.6 Å². The summed E-state index contributed by atoms with van der Waals surface area (Å²) in [7, 11) is 1.62. The van der Waals surface area contributed by atoms with Gasteiger partial charge >= 0.3 is 0 Å². The van der Waals surface area contributed by atoms with E-state index in [-0.39, 0.29) is 12.1 Å². The van der Waals surface area contributed by atoms with Gasteiger partial charge in [-0.25, -0.2) is 0 Å². The van der Waals surface area contributed by atoms with Gasteiger partial charge in [0.2, 0.25) is 0 Å². The van der Waals surface area contributed by atoms with Gasteiger partial charge in [-0.2, -0.15) is 0 Å². The lowest BCUT2D eigenvalue weighted by atomic mass is 10.0. The Morgan fingerprint density at radius 3 is 2.65 bits per heavy atom. The second-order valence-corrected chi connectivity index (χ2v) is 4.91. The summed E-state index contributed by atoms with van der Waals surface area (Å²) in [6, 6.07) is 9.13. The molecule has 20 heavy (non-hydrogen) atoms. The molecule has 0 radical (unpaired) electrons. The first kappa shape index (κ1) is 14.6. The molecule has 0 saturated heterocycles. The molecule has 2 atom stereocenters. The summed E-state index contributed by atoms with van der Waals surface area (Å²) in [4.78, 5) is 4.00. The highest BCUT2D eigenvalue weighted by molar-refractivity contribution is 6.30. The molecule has 0 aliphatic heterocycles. The monoisotopic (exact) mass is 292 g/mol. The molecule has 0 saturated carbocycles. The van der Waals surface area contributed by atoms with E-state index < -0.39 is 0 Å². The van der Waals surface area contributed by atoms with Gasteiger partial charge in [0.15, 0.2) is 0 Å². The molecule has 2 rings (SSSR count). The van der Waals surface area contributed by atoms with Crippen molar-refractivity contribution in [3.8, 4) is 11.5 Å². The molecule has 1 aromatic heterocycles. The molecule has 106 valence electrons. The van der Waals surface area contributed by atoms with Crippen molar-refractivity contribution in [1.29, 1.82) is 0 Å². The Balaban J connectivity index is 2.32. The molecule has 2 aromatic rings. The molecule has 0 aliphatic rings. The topological polar surface area (TPSA) is 57.4 Å². The van der Waals surface area contributed by atoms with Crippen molar-refractivity contribution in [2.24, 2.45) is 5.73 Å². The normalized spacial score (nSPS) is 13.6. The van der Waals surface area contributed by atoms with Crippen LogP contribution in [0.4, 0.5) is 0 Å². The van der Waals surface area contributed by atoms with Crippen molar-refractivity contribution >= 4 is 11.6 Å². The second kappa shape index (κ2) is 6.59. The average molecular weight is 293 g/mol. The summed E-state index contributed by atoms with van der Waals surface area (Å²) in [5.41, 5.74) is 6.94. The Morgan fingerprint density at radius 2 is 2.00 bits per heavy atom. The third kappa shape index (κ3) is 3.40. The molecule has 2 unspecified atom stereocenters. The van der Waals surface area contributed by atoms with E-state index in [1.165, 1.54) is 0 Å². The van der Waals surface area contributed by atoms with E-state index in [4.69, 9.17) is 26.8 Å². The van der Waals surface area contributed by atoms with Gasteiger partial charge in [-0.15, -0.1) is 0 Å². The number of nitrogens with zero attached hydrogens (tertiary/aromatic N) is 1. The lowest BCUT2D eigenvalue weighted by Crippen LogP contribution is -2.29. The number of hydrogen-bond acceptors (Lipinski definition) is 4. The van der Waals surface area contributed by atoms with Crippen LogP contribution < -0.4 is 15.2 Å². The Bertz CT molecular complexity index is 575. The van der Waals surface area contributed by atoms with Crippen LogP contribution in [0.2, 0.25) is 5.02 Å². The zero-order chi connectivity index (χ0) is 14.5. The molecule has 0 bridgehead atoms. The predicted molar refractivity (Wildman–Crippen MR) is 79.3 cm³/mol. The Labute approximate surface area is 123 Å². The molecule has 0 fully saturated rings. The van der Waals surface area contributed by atoms with E-state index in [9.17, 15) is 0 Å². The average Bonchev–Trinajstić information content (AvgIpc) is 2.44. The van der Waals surface area contributed by atoms with Crippen LogP contribution in [0.5, 0.6) is 11.5 Å². The van der Waals surface area contributed by atoms with Gasteiger partial charge < -0.3 is 15.2 Å². The third-order valence-electron chi connectivity index (χ3n) is 2.87. The minimum Gasteiger partial charge on any atom is -0.496 e. The Hall–Kier alpha value is -1.78. The highest BCUT2D eigenvalue weighted by atomic mass is 35.5. The second-order valence-electron chi connectivity index (χ2n) is 4.48. The Morgan fingerprint density at radius 1 is 1.25 bits per heavy atom. The van der Waals surface area contributed by atoms with Gasteiger partial charge in [0.25, 0.3) is 0 Å². The Kier molecular flexibility index (Phi) is 4.82. The van der Waals surface area contributed by atoms with Crippen LogP contribution in [-0.2, 0) is 0 Å². The van der Waals surface area contributed by atoms with E-state index in [1.54, 1.807) is 25.6 Å². The summed E-state index contributed by atoms with van der Waals surface area (Å²) < 4.78 is 11.3. The first-order chi connectivity index (χ1) is 9.61. The summed E-state index contributed by atoms with van der Waals surface area (Å²) in [5.74, 6) is 1.32. The SMILES string of the molecule is COc1ccccc1C(Oc1cncc(Cl)c1)C(C)N. The number of pyridine rings is 1. The molecule has 4 nitrogen and oxygen atoms in total. The molecule has 5 heteroatoms. The predicted octanol–water partition coefficient (Wildman–Crippen LogP) is 3.21. The van der Waals surface area contributed by atoms with E-state index in [0.29, 0.717) is 10.8 Å². The van der Waals surface area contributed by atoms with Crippen molar-refractivity contribution in [1.82, 2.24) is 4.98 Å². The first-order valence-electron chi connectivity index (χ1n) is 6.27. The number of aromatic nitrogens is 1. The first-order valence-corrected chi connectivity index (χ1v) is 6.65. The summed E-state index contributed by atoms with van der Waals surface area (Å²) >= 11 is 5.91. The number of benzene rings is 1. The van der Waals surface area contributed by atoms with Crippen molar-refractivity contribution < 1.29 is 9.47 Å². The number of rotatable bonds is 5. The van der Waals surface area contributed by atoms with Gasteiger partial charge in [0, 0.05) is 23.9 Å². The van der Waals surface area contributed by atoms with Crippen LogP contribution in [0.1, 0.15) is 18.6 Å². The molecular formula is C15H17ClN2O2. The van der Waals surface area contributed by atoms with Crippen LogP contribution in [0.25, 0.3) is 0 Å². The van der Waals surface area contributed by atoms with Crippen LogP contribution in [-0.4, -0.2) is 18.1 Å². The fourth-order valence-corrected chi connectivity index (χ4v) is 2.12. The van der Waals surface area contributed by atoms with Crippen LogP contribution in [0.15, 0.2) is 42.7 Å². The fraction of sp³-hybridized carbons (Fsp3) is 0.267. The standard InChI is InChI=1S/C15H17ClN2O2/c1-10(17)15(13-5-3-4-6-14(13)19-2)20-12-7-11(16)8-18-9-12/h3-10,15H,17H2,1-2H3. The van der Waals surface area contributed by atoms with E-state index >= 15 is 0 Å². The number of nitrogens with two attached hydrogens (primary N) is 1. The maximum atomic E-state index is 6.04. The number of methoxy groups -OCH3 is 1. The van der Waals surface area contributed by atoms with E-state index in [2.05, 4.69) is 4.98 Å². The maximum absolute atomic E-state index is 6.04. The molecular weight excluding hydrogens is 276 g/mol. The minimum atomic E-state index is -0.341. The third-order valence-corrected chi connectivity index (χ3v) is 3.07. The number of halogens is 1. The molecule has 0 spiro atoms. The lowest BCUT2D eigenvalue weighted by molar-refractivity contribution is 0.175. The van der Waals surface area contributed by atoms with Gasteiger partial charge in [0.05, 0.1) is 18.3 Å². The fourth-order valence-electron chi connectivity index (χ4n) is 1.96. The van der Waals surface area contributed by atoms with Gasteiger partial charge in [-0.05, 0) is 13.0 Å². The van der Waals surface area contributed by atoms with Crippen molar-refractivity contribution in [3.63, 3.8) is 0 Å². The van der Waals surface area contributed by atoms with Gasteiger partial charge in [0.1, 0.15) is 17.6 Å². The quantitative estimate of drug-likeness (QED) is 0.919. The molecule has 0 aliphatic carbocycles. The molecule has 1 heterocycles. The zero-order valence-corrected chi connectivity index (χ0v) is 12.2. The van der Waals surface area contributed by atoms with Crippen LogP contribution in [0.3, 0.4) is 0 Å². The maximum Gasteiger partial charge on any atom is 0.142 e.